The van der Waals surface area contributed by atoms with Crippen LogP contribution < -0.4 is 10.6 Å². The zero-order valence-corrected chi connectivity index (χ0v) is 9.64. The lowest BCUT2D eigenvalue weighted by Crippen LogP contribution is -2.62. The fraction of sp³-hybridized carbons (Fsp3) is 1.00. The minimum atomic E-state index is -0.0549. The Bertz CT molecular complexity index is 175. The van der Waals surface area contributed by atoms with Crippen LogP contribution in [0.5, 0.6) is 0 Å². The van der Waals surface area contributed by atoms with Gasteiger partial charge in [0, 0.05) is 11.6 Å². The van der Waals surface area contributed by atoms with Crippen LogP contribution in [0.2, 0.25) is 0 Å². The van der Waals surface area contributed by atoms with Crippen molar-refractivity contribution in [2.45, 2.75) is 45.2 Å². The minimum absolute atomic E-state index is 0.0549. The van der Waals surface area contributed by atoms with Gasteiger partial charge >= 0.3 is 0 Å². The van der Waals surface area contributed by atoms with Crippen LogP contribution >= 0.6 is 0 Å². The van der Waals surface area contributed by atoms with Crippen molar-refractivity contribution in [1.29, 1.82) is 0 Å². The van der Waals surface area contributed by atoms with Gasteiger partial charge in [-0.2, -0.15) is 0 Å². The van der Waals surface area contributed by atoms with E-state index in [1.807, 2.05) is 0 Å². The molecule has 0 bridgehead atoms. The second-order valence-corrected chi connectivity index (χ2v) is 4.62. The van der Waals surface area contributed by atoms with E-state index in [1.54, 1.807) is 0 Å². The number of nitrogens with one attached hydrogen (secondary N) is 2. The van der Waals surface area contributed by atoms with E-state index in [9.17, 15) is 5.11 Å². The van der Waals surface area contributed by atoms with Gasteiger partial charge in [0.25, 0.3) is 0 Å². The quantitative estimate of drug-likeness (QED) is 0.627. The van der Waals surface area contributed by atoms with Crippen molar-refractivity contribution >= 4 is 0 Å². The van der Waals surface area contributed by atoms with Crippen molar-refractivity contribution in [1.82, 2.24) is 10.6 Å². The normalized spacial score (nSPS) is 35.6. The zero-order valence-electron chi connectivity index (χ0n) is 9.64. The molecule has 1 aliphatic rings. The summed E-state index contributed by atoms with van der Waals surface area (Å²) in [6, 6.07) is 0.489. The standard InChI is InChI=1S/C11H24N2O/c1-4-10(3)13-11(8-14)5-6-12-7-9(11)2/h9-10,12-14H,4-8H2,1-3H3. The molecule has 0 aromatic carbocycles. The lowest BCUT2D eigenvalue weighted by molar-refractivity contribution is 0.0730. The van der Waals surface area contributed by atoms with Gasteiger partial charge in [-0.1, -0.05) is 13.8 Å². The lowest BCUT2D eigenvalue weighted by Gasteiger charge is -2.44. The number of hydrogen-bond acceptors (Lipinski definition) is 3. The van der Waals surface area contributed by atoms with Crippen LogP contribution in [0.1, 0.15) is 33.6 Å². The second-order valence-electron chi connectivity index (χ2n) is 4.62. The maximum absolute atomic E-state index is 9.57. The monoisotopic (exact) mass is 200 g/mol. The number of aliphatic hydroxyl groups is 1. The number of piperidine rings is 1. The van der Waals surface area contributed by atoms with Crippen LogP contribution in [0.25, 0.3) is 0 Å². The summed E-state index contributed by atoms with van der Waals surface area (Å²) in [5, 5.41) is 16.5. The van der Waals surface area contributed by atoms with E-state index >= 15 is 0 Å². The largest absolute Gasteiger partial charge is 0.394 e. The molecule has 0 saturated carbocycles. The SMILES string of the molecule is CCC(C)NC1(CO)CCNCC1C. The molecule has 14 heavy (non-hydrogen) atoms. The first-order valence-corrected chi connectivity index (χ1v) is 5.74. The highest BCUT2D eigenvalue weighted by Crippen LogP contribution is 2.24. The Morgan fingerprint density at radius 3 is 2.86 bits per heavy atom. The van der Waals surface area contributed by atoms with Gasteiger partial charge in [-0.05, 0) is 38.8 Å². The molecular weight excluding hydrogens is 176 g/mol. The molecule has 1 fully saturated rings. The van der Waals surface area contributed by atoms with Gasteiger partial charge in [-0.3, -0.25) is 0 Å². The number of aliphatic hydroxyl groups excluding tert-OH is 1. The molecule has 1 heterocycles. The molecule has 1 saturated heterocycles. The first kappa shape index (κ1) is 12.0. The van der Waals surface area contributed by atoms with Crippen LogP contribution in [-0.4, -0.2) is 36.4 Å². The van der Waals surface area contributed by atoms with E-state index in [-0.39, 0.29) is 12.1 Å². The van der Waals surface area contributed by atoms with E-state index in [1.165, 1.54) is 0 Å². The summed E-state index contributed by atoms with van der Waals surface area (Å²) >= 11 is 0. The predicted octanol–water partition coefficient (Wildman–Crippen LogP) is 0.735. The molecule has 0 spiro atoms. The highest BCUT2D eigenvalue weighted by Gasteiger charge is 2.37. The summed E-state index contributed by atoms with van der Waals surface area (Å²) in [6.45, 7) is 8.83. The van der Waals surface area contributed by atoms with Crippen molar-refractivity contribution in [3.63, 3.8) is 0 Å². The van der Waals surface area contributed by atoms with Crippen molar-refractivity contribution in [3.05, 3.63) is 0 Å². The number of rotatable bonds is 4. The minimum Gasteiger partial charge on any atom is -0.394 e. The maximum Gasteiger partial charge on any atom is 0.0617 e. The van der Waals surface area contributed by atoms with E-state index in [0.29, 0.717) is 12.0 Å². The molecule has 0 amide bonds. The van der Waals surface area contributed by atoms with E-state index in [4.69, 9.17) is 0 Å². The van der Waals surface area contributed by atoms with E-state index < -0.39 is 0 Å². The van der Waals surface area contributed by atoms with Crippen molar-refractivity contribution in [2.24, 2.45) is 5.92 Å². The molecule has 0 aromatic heterocycles. The predicted molar refractivity (Wildman–Crippen MR) is 59.4 cm³/mol. The van der Waals surface area contributed by atoms with Gasteiger partial charge in [0.1, 0.15) is 0 Å². The third kappa shape index (κ3) is 2.47. The Balaban J connectivity index is 2.62. The summed E-state index contributed by atoms with van der Waals surface area (Å²) in [4.78, 5) is 0. The average Bonchev–Trinajstić information content (AvgIpc) is 2.21. The van der Waals surface area contributed by atoms with Gasteiger partial charge in [-0.15, -0.1) is 0 Å². The van der Waals surface area contributed by atoms with E-state index in [2.05, 4.69) is 31.4 Å². The molecule has 3 nitrogen and oxygen atoms in total. The lowest BCUT2D eigenvalue weighted by atomic mass is 9.79. The maximum atomic E-state index is 9.57. The molecule has 1 rings (SSSR count). The van der Waals surface area contributed by atoms with E-state index in [0.717, 1.165) is 25.9 Å². The molecule has 0 radical (unpaired) electrons. The summed E-state index contributed by atoms with van der Waals surface area (Å²) in [5.74, 6) is 0.496. The van der Waals surface area contributed by atoms with Crippen LogP contribution in [0.3, 0.4) is 0 Å². The third-order valence-electron chi connectivity index (χ3n) is 3.57. The molecule has 3 heteroatoms. The van der Waals surface area contributed by atoms with Crippen LogP contribution in [0.15, 0.2) is 0 Å². The molecule has 3 atom stereocenters. The topological polar surface area (TPSA) is 44.3 Å². The zero-order chi connectivity index (χ0) is 10.6. The Labute approximate surface area is 87.3 Å². The first-order valence-electron chi connectivity index (χ1n) is 5.74. The molecule has 0 aromatic rings. The Morgan fingerprint density at radius 2 is 2.36 bits per heavy atom. The molecule has 84 valence electrons. The first-order chi connectivity index (χ1) is 6.64. The van der Waals surface area contributed by atoms with Crippen LogP contribution in [-0.2, 0) is 0 Å². The summed E-state index contributed by atoms with van der Waals surface area (Å²) in [7, 11) is 0. The Morgan fingerprint density at radius 1 is 1.64 bits per heavy atom. The van der Waals surface area contributed by atoms with Crippen molar-refractivity contribution in [2.75, 3.05) is 19.7 Å². The van der Waals surface area contributed by atoms with Gasteiger partial charge in [0.15, 0.2) is 0 Å². The summed E-state index contributed by atoms with van der Waals surface area (Å²) in [5.41, 5.74) is -0.0549. The van der Waals surface area contributed by atoms with Crippen LogP contribution in [0.4, 0.5) is 0 Å². The Hall–Kier alpha value is -0.120. The van der Waals surface area contributed by atoms with Gasteiger partial charge in [0.2, 0.25) is 0 Å². The third-order valence-corrected chi connectivity index (χ3v) is 3.57. The molecular formula is C11H24N2O. The van der Waals surface area contributed by atoms with Gasteiger partial charge < -0.3 is 15.7 Å². The fourth-order valence-corrected chi connectivity index (χ4v) is 2.16. The summed E-state index contributed by atoms with van der Waals surface area (Å²) in [6.07, 6.45) is 2.14. The smallest absolute Gasteiger partial charge is 0.0617 e. The number of hydrogen-bond donors (Lipinski definition) is 3. The molecule has 3 N–H and O–H groups in total. The van der Waals surface area contributed by atoms with Gasteiger partial charge in [0.05, 0.1) is 6.61 Å². The second kappa shape index (κ2) is 5.10. The average molecular weight is 200 g/mol. The highest BCUT2D eigenvalue weighted by atomic mass is 16.3. The van der Waals surface area contributed by atoms with Crippen molar-refractivity contribution < 1.29 is 5.11 Å². The molecule has 3 unspecified atom stereocenters. The van der Waals surface area contributed by atoms with Crippen molar-refractivity contribution in [3.8, 4) is 0 Å². The highest BCUT2D eigenvalue weighted by molar-refractivity contribution is 4.97. The molecule has 1 aliphatic heterocycles. The fourth-order valence-electron chi connectivity index (χ4n) is 2.16. The summed E-state index contributed by atoms with van der Waals surface area (Å²) < 4.78 is 0. The molecule has 0 aliphatic carbocycles. The Kier molecular flexibility index (Phi) is 4.35. The van der Waals surface area contributed by atoms with Crippen LogP contribution in [0, 0.1) is 5.92 Å². The van der Waals surface area contributed by atoms with Gasteiger partial charge in [-0.25, -0.2) is 0 Å².